The first-order chi connectivity index (χ1) is 5.61. The standard InChI is InChI=1S/C8H13NO2S/c1-5(2)7(10)9-6-3-4-12-8(6)11/h5-6H,3-4H2,1-2H3,(H,9,10)/t6-/m0/s1. The Labute approximate surface area is 76.3 Å². The predicted octanol–water partition coefficient (Wildman–Crippen LogP) is 0.791. The summed E-state index contributed by atoms with van der Waals surface area (Å²) in [5.74, 6) is 0.765. The van der Waals surface area contributed by atoms with Crippen molar-refractivity contribution in [3.63, 3.8) is 0 Å². The molecule has 1 N–H and O–H groups in total. The van der Waals surface area contributed by atoms with E-state index < -0.39 is 0 Å². The van der Waals surface area contributed by atoms with Gasteiger partial charge >= 0.3 is 0 Å². The van der Waals surface area contributed by atoms with Crippen molar-refractivity contribution < 1.29 is 9.59 Å². The quantitative estimate of drug-likeness (QED) is 0.695. The largest absolute Gasteiger partial charge is 0.345 e. The third-order valence-corrected chi connectivity index (χ3v) is 2.79. The van der Waals surface area contributed by atoms with Gasteiger partial charge in [0.05, 0.1) is 6.04 Å². The van der Waals surface area contributed by atoms with Crippen LogP contribution in [0.4, 0.5) is 0 Å². The first-order valence-corrected chi connectivity index (χ1v) is 5.07. The van der Waals surface area contributed by atoms with Gasteiger partial charge in [0.1, 0.15) is 0 Å². The number of rotatable bonds is 2. The number of hydrogen-bond donors (Lipinski definition) is 1. The van der Waals surface area contributed by atoms with Crippen molar-refractivity contribution in [3.8, 4) is 0 Å². The molecule has 3 nitrogen and oxygen atoms in total. The Morgan fingerprint density at radius 3 is 2.75 bits per heavy atom. The number of carbonyl (C=O) groups excluding carboxylic acids is 2. The molecule has 1 fully saturated rings. The van der Waals surface area contributed by atoms with Gasteiger partial charge in [0.15, 0.2) is 0 Å². The minimum Gasteiger partial charge on any atom is -0.345 e. The van der Waals surface area contributed by atoms with E-state index in [2.05, 4.69) is 5.32 Å². The van der Waals surface area contributed by atoms with Crippen LogP contribution in [0.3, 0.4) is 0 Å². The van der Waals surface area contributed by atoms with E-state index in [1.54, 1.807) is 0 Å². The molecule has 0 aromatic carbocycles. The van der Waals surface area contributed by atoms with E-state index in [1.807, 2.05) is 13.8 Å². The second-order valence-electron chi connectivity index (χ2n) is 3.17. The van der Waals surface area contributed by atoms with Crippen molar-refractivity contribution in [2.75, 3.05) is 5.75 Å². The van der Waals surface area contributed by atoms with Crippen molar-refractivity contribution in [2.24, 2.45) is 5.92 Å². The third-order valence-electron chi connectivity index (χ3n) is 1.78. The highest BCUT2D eigenvalue weighted by Crippen LogP contribution is 2.19. The Balaban J connectivity index is 2.40. The van der Waals surface area contributed by atoms with E-state index in [0.29, 0.717) is 0 Å². The average Bonchev–Trinajstić information content (AvgIpc) is 2.36. The van der Waals surface area contributed by atoms with Crippen LogP contribution in [0, 0.1) is 5.92 Å². The molecule has 0 unspecified atom stereocenters. The molecule has 0 aliphatic carbocycles. The van der Waals surface area contributed by atoms with E-state index in [0.717, 1.165) is 12.2 Å². The van der Waals surface area contributed by atoms with Crippen molar-refractivity contribution >= 4 is 22.8 Å². The molecule has 1 saturated heterocycles. The van der Waals surface area contributed by atoms with Gasteiger partial charge < -0.3 is 5.32 Å². The van der Waals surface area contributed by atoms with Gasteiger partial charge in [0.2, 0.25) is 11.0 Å². The molecule has 1 amide bonds. The van der Waals surface area contributed by atoms with Gasteiger partial charge in [-0.2, -0.15) is 0 Å². The van der Waals surface area contributed by atoms with E-state index in [4.69, 9.17) is 0 Å². The summed E-state index contributed by atoms with van der Waals surface area (Å²) in [4.78, 5) is 22.3. The summed E-state index contributed by atoms with van der Waals surface area (Å²) in [7, 11) is 0. The SMILES string of the molecule is CC(C)C(=O)N[C@H]1CCSC1=O. The van der Waals surface area contributed by atoms with Crippen LogP contribution < -0.4 is 5.32 Å². The predicted molar refractivity (Wildman–Crippen MR) is 48.9 cm³/mol. The lowest BCUT2D eigenvalue weighted by Crippen LogP contribution is -2.39. The Kier molecular flexibility index (Phi) is 3.14. The van der Waals surface area contributed by atoms with Gasteiger partial charge in [0.25, 0.3) is 0 Å². The number of thioether (sulfide) groups is 1. The smallest absolute Gasteiger partial charge is 0.223 e. The van der Waals surface area contributed by atoms with Gasteiger partial charge in [0, 0.05) is 11.7 Å². The van der Waals surface area contributed by atoms with Crippen molar-refractivity contribution in [2.45, 2.75) is 26.3 Å². The van der Waals surface area contributed by atoms with Crippen molar-refractivity contribution in [1.29, 1.82) is 0 Å². The van der Waals surface area contributed by atoms with Crippen LogP contribution in [0.1, 0.15) is 20.3 Å². The summed E-state index contributed by atoms with van der Waals surface area (Å²) >= 11 is 1.31. The number of nitrogens with one attached hydrogen (secondary N) is 1. The lowest BCUT2D eigenvalue weighted by atomic mass is 10.2. The third kappa shape index (κ3) is 2.24. The molecule has 4 heteroatoms. The minimum absolute atomic E-state index is 0.0316. The summed E-state index contributed by atoms with van der Waals surface area (Å²) in [5.41, 5.74) is 0. The Hall–Kier alpha value is -0.510. The molecule has 0 aromatic rings. The number of carbonyl (C=O) groups is 2. The second kappa shape index (κ2) is 3.94. The molecule has 0 radical (unpaired) electrons. The molecule has 1 aliphatic heterocycles. The van der Waals surface area contributed by atoms with E-state index in [9.17, 15) is 9.59 Å². The molecule has 0 spiro atoms. The molecule has 1 aliphatic rings. The monoisotopic (exact) mass is 187 g/mol. The first-order valence-electron chi connectivity index (χ1n) is 4.08. The fraction of sp³-hybridized carbons (Fsp3) is 0.750. The van der Waals surface area contributed by atoms with Gasteiger partial charge in [-0.15, -0.1) is 0 Å². The Morgan fingerprint density at radius 1 is 1.67 bits per heavy atom. The summed E-state index contributed by atoms with van der Waals surface area (Å²) in [6, 6.07) is -0.232. The number of amides is 1. The molecule has 0 saturated carbocycles. The number of hydrogen-bond acceptors (Lipinski definition) is 3. The zero-order valence-corrected chi connectivity index (χ0v) is 8.11. The summed E-state index contributed by atoms with van der Waals surface area (Å²) in [6.45, 7) is 3.64. The fourth-order valence-corrected chi connectivity index (χ4v) is 1.90. The molecule has 12 heavy (non-hydrogen) atoms. The maximum atomic E-state index is 11.2. The van der Waals surface area contributed by atoms with Crippen LogP contribution in [0.2, 0.25) is 0 Å². The maximum Gasteiger partial charge on any atom is 0.223 e. The highest BCUT2D eigenvalue weighted by Gasteiger charge is 2.27. The fourth-order valence-electron chi connectivity index (χ4n) is 0.965. The van der Waals surface area contributed by atoms with Gasteiger partial charge in [-0.1, -0.05) is 25.6 Å². The lowest BCUT2D eigenvalue weighted by Gasteiger charge is -2.11. The summed E-state index contributed by atoms with van der Waals surface area (Å²) in [6.07, 6.45) is 0.780. The van der Waals surface area contributed by atoms with Crippen LogP contribution in [0.5, 0.6) is 0 Å². The molecular formula is C8H13NO2S. The average molecular weight is 187 g/mol. The normalized spacial score (nSPS) is 23.2. The van der Waals surface area contributed by atoms with E-state index in [-0.39, 0.29) is 23.0 Å². The topological polar surface area (TPSA) is 46.2 Å². The molecule has 0 aromatic heterocycles. The maximum absolute atomic E-state index is 11.2. The van der Waals surface area contributed by atoms with Gasteiger partial charge in [-0.25, -0.2) is 0 Å². The highest BCUT2D eigenvalue weighted by atomic mass is 32.2. The highest BCUT2D eigenvalue weighted by molar-refractivity contribution is 8.14. The van der Waals surface area contributed by atoms with Crippen LogP contribution in [-0.2, 0) is 9.59 Å². The molecular weight excluding hydrogens is 174 g/mol. The summed E-state index contributed by atoms with van der Waals surface area (Å²) in [5, 5.41) is 2.82. The van der Waals surface area contributed by atoms with Crippen LogP contribution in [0.25, 0.3) is 0 Å². The molecule has 1 atom stereocenters. The molecule has 68 valence electrons. The van der Waals surface area contributed by atoms with Crippen LogP contribution in [-0.4, -0.2) is 22.8 Å². The van der Waals surface area contributed by atoms with Crippen molar-refractivity contribution in [1.82, 2.24) is 5.32 Å². The van der Waals surface area contributed by atoms with Gasteiger partial charge in [-0.3, -0.25) is 9.59 Å². The first kappa shape index (κ1) is 9.58. The Bertz CT molecular complexity index is 203. The molecule has 0 bridgehead atoms. The minimum atomic E-state index is -0.232. The van der Waals surface area contributed by atoms with E-state index in [1.165, 1.54) is 11.8 Å². The van der Waals surface area contributed by atoms with Crippen LogP contribution >= 0.6 is 11.8 Å². The lowest BCUT2D eigenvalue weighted by molar-refractivity contribution is -0.126. The Morgan fingerprint density at radius 2 is 2.33 bits per heavy atom. The zero-order chi connectivity index (χ0) is 9.14. The molecule has 1 rings (SSSR count). The summed E-state index contributed by atoms with van der Waals surface area (Å²) < 4.78 is 0. The van der Waals surface area contributed by atoms with Gasteiger partial charge in [-0.05, 0) is 6.42 Å². The molecule has 1 heterocycles. The zero-order valence-electron chi connectivity index (χ0n) is 7.29. The second-order valence-corrected chi connectivity index (χ2v) is 4.27. The van der Waals surface area contributed by atoms with Crippen molar-refractivity contribution in [3.05, 3.63) is 0 Å². The van der Waals surface area contributed by atoms with E-state index >= 15 is 0 Å². The van der Waals surface area contributed by atoms with Crippen LogP contribution in [0.15, 0.2) is 0 Å².